The fraction of sp³-hybridized carbons (Fsp3) is 0.583. The molecule has 1 aromatic heterocycles. The van der Waals surface area contributed by atoms with Gasteiger partial charge < -0.3 is 10.0 Å². The highest BCUT2D eigenvalue weighted by atomic mass is 32.1. The van der Waals surface area contributed by atoms with E-state index in [1.165, 1.54) is 11.3 Å². The number of thiophene rings is 1. The summed E-state index contributed by atoms with van der Waals surface area (Å²) < 4.78 is 0. The first kappa shape index (κ1) is 12.4. The molecule has 1 aromatic rings. The number of piperazine rings is 1. The van der Waals surface area contributed by atoms with Crippen LogP contribution >= 0.6 is 11.3 Å². The van der Waals surface area contributed by atoms with Crippen molar-refractivity contribution in [2.24, 2.45) is 0 Å². The highest BCUT2D eigenvalue weighted by Crippen LogP contribution is 2.28. The second-order valence-electron chi connectivity index (χ2n) is 5.13. The van der Waals surface area contributed by atoms with Crippen molar-refractivity contribution in [3.8, 4) is 0 Å². The minimum atomic E-state index is -0.838. The Bertz CT molecular complexity index is 428. The van der Waals surface area contributed by atoms with Crippen molar-refractivity contribution >= 4 is 23.0 Å². The van der Waals surface area contributed by atoms with Crippen LogP contribution in [0.2, 0.25) is 0 Å². The number of anilines is 1. The Morgan fingerprint density at radius 3 is 2.71 bits per heavy atom. The van der Waals surface area contributed by atoms with Crippen molar-refractivity contribution in [2.75, 3.05) is 31.6 Å². The number of hydrogen-bond donors (Lipinski definition) is 1. The molecule has 0 saturated carbocycles. The summed E-state index contributed by atoms with van der Waals surface area (Å²) in [4.78, 5) is 15.9. The van der Waals surface area contributed by atoms with Crippen molar-refractivity contribution in [1.29, 1.82) is 0 Å². The smallest absolute Gasteiger partial charge is 0.345 e. The third-order valence-corrected chi connectivity index (χ3v) is 4.38. The maximum atomic E-state index is 10.9. The van der Waals surface area contributed by atoms with Crippen LogP contribution in [0.3, 0.4) is 0 Å². The van der Waals surface area contributed by atoms with Gasteiger partial charge in [-0.05, 0) is 27.0 Å². The van der Waals surface area contributed by atoms with Crippen LogP contribution in [0.15, 0.2) is 11.4 Å². The molecule has 0 amide bonds. The minimum Gasteiger partial charge on any atom is -0.477 e. The SMILES string of the molecule is CN1CCN(c2csc(C(=O)O)c2)CC1(C)C. The normalized spacial score (nSPS) is 20.5. The van der Waals surface area contributed by atoms with E-state index in [0.717, 1.165) is 25.3 Å². The molecule has 5 heteroatoms. The molecule has 2 heterocycles. The van der Waals surface area contributed by atoms with Crippen LogP contribution in [0, 0.1) is 0 Å². The van der Waals surface area contributed by atoms with Gasteiger partial charge >= 0.3 is 5.97 Å². The van der Waals surface area contributed by atoms with Crippen LogP contribution in [-0.2, 0) is 0 Å². The number of nitrogens with zero attached hydrogens (tertiary/aromatic N) is 2. The highest BCUT2D eigenvalue weighted by Gasteiger charge is 2.31. The molecule has 0 aromatic carbocycles. The van der Waals surface area contributed by atoms with Crippen molar-refractivity contribution in [3.05, 3.63) is 16.3 Å². The maximum absolute atomic E-state index is 10.9. The summed E-state index contributed by atoms with van der Waals surface area (Å²) in [5.41, 5.74) is 1.16. The number of rotatable bonds is 2. The number of carboxylic acids is 1. The zero-order valence-electron chi connectivity index (χ0n) is 10.4. The van der Waals surface area contributed by atoms with E-state index in [-0.39, 0.29) is 5.54 Å². The fourth-order valence-electron chi connectivity index (χ4n) is 2.06. The van der Waals surface area contributed by atoms with Gasteiger partial charge in [-0.1, -0.05) is 0 Å². The van der Waals surface area contributed by atoms with Gasteiger partial charge in [0, 0.05) is 36.2 Å². The summed E-state index contributed by atoms with van der Waals surface area (Å²) in [6.07, 6.45) is 0. The summed E-state index contributed by atoms with van der Waals surface area (Å²) in [5, 5.41) is 10.9. The number of carbonyl (C=O) groups is 1. The molecule has 94 valence electrons. The molecule has 1 aliphatic heterocycles. The molecule has 17 heavy (non-hydrogen) atoms. The van der Waals surface area contributed by atoms with Gasteiger partial charge in [0.25, 0.3) is 0 Å². The lowest BCUT2D eigenvalue weighted by atomic mass is 9.99. The largest absolute Gasteiger partial charge is 0.477 e. The summed E-state index contributed by atoms with van der Waals surface area (Å²) in [6.45, 7) is 7.31. The van der Waals surface area contributed by atoms with Crippen LogP contribution in [0.1, 0.15) is 23.5 Å². The van der Waals surface area contributed by atoms with E-state index in [2.05, 4.69) is 30.7 Å². The number of carboxylic acid groups (broad SMARTS) is 1. The Morgan fingerprint density at radius 1 is 1.47 bits per heavy atom. The lowest BCUT2D eigenvalue weighted by Gasteiger charge is -2.46. The molecule has 1 fully saturated rings. The maximum Gasteiger partial charge on any atom is 0.345 e. The predicted molar refractivity (Wildman–Crippen MR) is 70.2 cm³/mol. The average Bonchev–Trinajstić information content (AvgIpc) is 2.71. The number of aromatic carboxylic acids is 1. The first-order chi connectivity index (χ1) is 7.90. The van der Waals surface area contributed by atoms with Crippen molar-refractivity contribution in [1.82, 2.24) is 4.90 Å². The van der Waals surface area contributed by atoms with Crippen LogP contribution in [-0.4, -0.2) is 48.2 Å². The second kappa shape index (κ2) is 4.31. The minimum absolute atomic E-state index is 0.129. The van der Waals surface area contributed by atoms with Gasteiger partial charge in [0.05, 0.1) is 0 Å². The van der Waals surface area contributed by atoms with Gasteiger partial charge in [0.2, 0.25) is 0 Å². The molecule has 2 rings (SSSR count). The van der Waals surface area contributed by atoms with Crippen molar-refractivity contribution < 1.29 is 9.90 Å². The van der Waals surface area contributed by atoms with Gasteiger partial charge in [-0.15, -0.1) is 11.3 Å². The zero-order chi connectivity index (χ0) is 12.6. The molecule has 0 radical (unpaired) electrons. The zero-order valence-corrected chi connectivity index (χ0v) is 11.3. The lowest BCUT2D eigenvalue weighted by Crippen LogP contribution is -2.57. The van der Waals surface area contributed by atoms with E-state index in [9.17, 15) is 4.79 Å². The van der Waals surface area contributed by atoms with E-state index < -0.39 is 5.97 Å². The third-order valence-electron chi connectivity index (χ3n) is 3.48. The Morgan fingerprint density at radius 2 is 2.18 bits per heavy atom. The molecule has 1 aliphatic rings. The van der Waals surface area contributed by atoms with Crippen LogP contribution in [0.5, 0.6) is 0 Å². The molecule has 0 unspecified atom stereocenters. The molecule has 1 N–H and O–H groups in total. The average molecular weight is 254 g/mol. The molecule has 0 atom stereocenters. The van der Waals surface area contributed by atoms with Crippen LogP contribution < -0.4 is 4.90 Å². The fourth-order valence-corrected chi connectivity index (χ4v) is 2.82. The lowest BCUT2D eigenvalue weighted by molar-refractivity contribution is 0.0702. The summed E-state index contributed by atoms with van der Waals surface area (Å²) in [5.74, 6) is -0.838. The van der Waals surface area contributed by atoms with Crippen LogP contribution in [0.4, 0.5) is 5.69 Å². The molecule has 0 bridgehead atoms. The summed E-state index contributed by atoms with van der Waals surface area (Å²) in [7, 11) is 2.13. The topological polar surface area (TPSA) is 43.8 Å². The van der Waals surface area contributed by atoms with Crippen molar-refractivity contribution in [2.45, 2.75) is 19.4 Å². The second-order valence-corrected chi connectivity index (χ2v) is 6.04. The van der Waals surface area contributed by atoms with Gasteiger partial charge in [0.15, 0.2) is 0 Å². The van der Waals surface area contributed by atoms with Gasteiger partial charge in [-0.2, -0.15) is 0 Å². The molecule has 0 spiro atoms. The van der Waals surface area contributed by atoms with Gasteiger partial charge in [-0.3, -0.25) is 4.90 Å². The summed E-state index contributed by atoms with van der Waals surface area (Å²) >= 11 is 1.30. The highest BCUT2D eigenvalue weighted by molar-refractivity contribution is 7.12. The Kier molecular flexibility index (Phi) is 3.14. The van der Waals surface area contributed by atoms with E-state index in [0.29, 0.717) is 4.88 Å². The molecule has 4 nitrogen and oxygen atoms in total. The summed E-state index contributed by atoms with van der Waals surface area (Å²) in [6, 6.07) is 1.77. The first-order valence-electron chi connectivity index (χ1n) is 5.68. The molecular formula is C12H18N2O2S. The van der Waals surface area contributed by atoms with Crippen LogP contribution in [0.25, 0.3) is 0 Å². The molecule has 1 saturated heterocycles. The Labute approximate surface area is 105 Å². The third kappa shape index (κ3) is 2.45. The Hall–Kier alpha value is -1.07. The number of hydrogen-bond acceptors (Lipinski definition) is 4. The van der Waals surface area contributed by atoms with Gasteiger partial charge in [0.1, 0.15) is 4.88 Å². The van der Waals surface area contributed by atoms with E-state index in [1.54, 1.807) is 6.07 Å². The molecule has 0 aliphatic carbocycles. The molecular weight excluding hydrogens is 236 g/mol. The number of likely N-dealkylation sites (N-methyl/N-ethyl adjacent to an activating group) is 1. The first-order valence-corrected chi connectivity index (χ1v) is 6.56. The van der Waals surface area contributed by atoms with E-state index in [1.807, 2.05) is 5.38 Å². The van der Waals surface area contributed by atoms with Gasteiger partial charge in [-0.25, -0.2) is 4.79 Å². The van der Waals surface area contributed by atoms with E-state index >= 15 is 0 Å². The quantitative estimate of drug-likeness (QED) is 0.876. The van der Waals surface area contributed by atoms with E-state index in [4.69, 9.17) is 5.11 Å². The predicted octanol–water partition coefficient (Wildman–Crippen LogP) is 1.98. The Balaban J connectivity index is 2.15. The standard InChI is InChI=1S/C12H18N2O2S/c1-12(2)8-14(5-4-13(12)3)9-6-10(11(15)16)17-7-9/h6-7H,4-5,8H2,1-3H3,(H,15,16). The van der Waals surface area contributed by atoms with Crippen molar-refractivity contribution in [3.63, 3.8) is 0 Å². The monoisotopic (exact) mass is 254 g/mol.